The molecule has 0 saturated heterocycles. The minimum atomic E-state index is -3.29. The van der Waals surface area contributed by atoms with Gasteiger partial charge in [0, 0.05) is 17.1 Å². The van der Waals surface area contributed by atoms with Crippen LogP contribution in [0, 0.1) is 17.8 Å². The summed E-state index contributed by atoms with van der Waals surface area (Å²) < 4.78 is 23.3. The van der Waals surface area contributed by atoms with Crippen LogP contribution in [0.1, 0.15) is 52.3 Å². The third-order valence-electron chi connectivity index (χ3n) is 6.55. The molecule has 186 valence electrons. The van der Waals surface area contributed by atoms with Crippen molar-refractivity contribution < 1.29 is 13.2 Å². The van der Waals surface area contributed by atoms with Crippen molar-refractivity contribution in [3.05, 3.63) is 45.2 Å². The lowest BCUT2D eigenvalue weighted by Crippen LogP contribution is -2.38. The van der Waals surface area contributed by atoms with Crippen molar-refractivity contribution in [2.24, 2.45) is 27.7 Å². The fourth-order valence-corrected chi connectivity index (χ4v) is 4.45. The number of carbonyl (C=O) groups excluding carboxylic acids is 1. The second-order valence-electron chi connectivity index (χ2n) is 8.85. The lowest BCUT2D eigenvalue weighted by molar-refractivity contribution is -0.118. The summed E-state index contributed by atoms with van der Waals surface area (Å²) in [5, 5.41) is 3.69. The highest BCUT2D eigenvalue weighted by Gasteiger charge is 2.34. The number of aliphatic imine (C=N–C) groups is 2. The maximum absolute atomic E-state index is 13.5. The number of anilines is 1. The van der Waals surface area contributed by atoms with Gasteiger partial charge in [-0.15, -0.1) is 0 Å². The number of amidine groups is 1. The van der Waals surface area contributed by atoms with E-state index in [1.165, 1.54) is 13.0 Å². The van der Waals surface area contributed by atoms with Crippen LogP contribution in [0.3, 0.4) is 0 Å². The molecule has 0 aliphatic carbocycles. The minimum Gasteiger partial charge on any atom is -0.336 e. The molecule has 0 spiro atoms. The van der Waals surface area contributed by atoms with E-state index in [2.05, 4.69) is 40.9 Å². The Balaban J connectivity index is 2.53. The van der Waals surface area contributed by atoms with Gasteiger partial charge in [-0.25, -0.2) is 13.4 Å². The van der Waals surface area contributed by atoms with Crippen LogP contribution in [0.15, 0.2) is 38.8 Å². The molecule has 2 rings (SSSR count). The van der Waals surface area contributed by atoms with Crippen molar-refractivity contribution in [2.75, 3.05) is 18.1 Å². The van der Waals surface area contributed by atoms with Gasteiger partial charge in [0.25, 0.3) is 0 Å². The van der Waals surface area contributed by atoms with Gasteiger partial charge in [0.2, 0.25) is 5.78 Å². The summed E-state index contributed by atoms with van der Waals surface area (Å²) in [5.41, 5.74) is 2.90. The number of nitrogens with one attached hydrogen (secondary N) is 1. The van der Waals surface area contributed by atoms with Gasteiger partial charge >= 0.3 is 0 Å². The topological polar surface area (TPSA) is 101 Å². The van der Waals surface area contributed by atoms with Crippen LogP contribution >= 0.6 is 11.6 Å². The van der Waals surface area contributed by atoms with Gasteiger partial charge in [-0.1, -0.05) is 45.7 Å². The number of aromatic nitrogens is 1. The van der Waals surface area contributed by atoms with Gasteiger partial charge in [-0.2, -0.15) is 0 Å². The van der Waals surface area contributed by atoms with E-state index < -0.39 is 9.84 Å². The molecule has 0 amide bonds. The predicted molar refractivity (Wildman–Crippen MR) is 142 cm³/mol. The maximum atomic E-state index is 13.5. The molecule has 1 aliphatic rings. The monoisotopic (exact) mass is 506 g/mol. The number of ketones is 1. The zero-order chi connectivity index (χ0) is 25.6. The Labute approximate surface area is 208 Å². The molecule has 0 radical (unpaired) electrons. The van der Waals surface area contributed by atoms with E-state index in [-0.39, 0.29) is 34.9 Å². The number of hydrogen-bond donors (Lipinski definition) is 1. The summed E-state index contributed by atoms with van der Waals surface area (Å²) in [4.78, 5) is 26.8. The minimum absolute atomic E-state index is 0.0722. The summed E-state index contributed by atoms with van der Waals surface area (Å²) >= 11 is 6.42. The molecule has 2 heterocycles. The molecule has 0 saturated carbocycles. The number of pyridine rings is 1. The van der Waals surface area contributed by atoms with Crippen LogP contribution < -0.4 is 5.32 Å². The van der Waals surface area contributed by atoms with E-state index in [9.17, 15) is 13.2 Å². The highest BCUT2D eigenvalue weighted by Crippen LogP contribution is 2.34. The summed E-state index contributed by atoms with van der Waals surface area (Å²) in [6.45, 7) is 13.3. The SMILES string of the molecule is C=NC(=CC=C(C)S(C)(=O)=O)CN=C1Nc2cc(CC)c(Cl)nc2CC(C(C)CC)C(C)C1=O. The van der Waals surface area contributed by atoms with E-state index in [0.29, 0.717) is 29.6 Å². The number of sulfone groups is 1. The number of rotatable bonds is 8. The molecule has 3 unspecified atom stereocenters. The average molecular weight is 507 g/mol. The summed E-state index contributed by atoms with van der Waals surface area (Å²) in [6, 6.07) is 1.94. The molecule has 34 heavy (non-hydrogen) atoms. The largest absolute Gasteiger partial charge is 0.336 e. The molecular formula is C25H35ClN4O3S. The summed E-state index contributed by atoms with van der Waals surface area (Å²) in [6.07, 6.45) is 6.46. The second-order valence-corrected chi connectivity index (χ2v) is 11.4. The molecule has 3 atom stereocenters. The summed E-state index contributed by atoms with van der Waals surface area (Å²) in [7, 11) is -3.29. The Bertz CT molecular complexity index is 1140. The van der Waals surface area contributed by atoms with E-state index >= 15 is 0 Å². The van der Waals surface area contributed by atoms with Gasteiger partial charge < -0.3 is 5.32 Å². The first kappa shape index (κ1) is 27.9. The smallest absolute Gasteiger partial charge is 0.200 e. The predicted octanol–water partition coefficient (Wildman–Crippen LogP) is 5.06. The van der Waals surface area contributed by atoms with Gasteiger partial charge in [-0.3, -0.25) is 14.8 Å². The Morgan fingerprint density at radius 1 is 1.38 bits per heavy atom. The normalized spacial score (nSPS) is 22.0. The zero-order valence-corrected chi connectivity index (χ0v) is 22.4. The van der Waals surface area contributed by atoms with Crippen molar-refractivity contribution >= 4 is 45.5 Å². The Morgan fingerprint density at radius 2 is 2.06 bits per heavy atom. The first-order valence-electron chi connectivity index (χ1n) is 11.5. The standard InChI is InChI=1S/C25H35ClN4O3S/c1-8-15(3)20-13-22-21(12-18(9-2)24(26)29-22)30-25(23(31)17(20)5)28-14-19(27-6)11-10-16(4)34(7,32)33/h10-12,15,17,20H,6,8-9,13-14H2,1-5,7H3,(H,28,30). The molecule has 1 aliphatic heterocycles. The van der Waals surface area contributed by atoms with Gasteiger partial charge in [0.05, 0.1) is 23.6 Å². The van der Waals surface area contributed by atoms with Crippen LogP contribution in [0.2, 0.25) is 5.15 Å². The number of aryl methyl sites for hydroxylation is 1. The lowest BCUT2D eigenvalue weighted by Gasteiger charge is -2.31. The number of hydrogen-bond acceptors (Lipinski definition) is 6. The fraction of sp³-hybridized carbons (Fsp3) is 0.520. The lowest BCUT2D eigenvalue weighted by atomic mass is 9.76. The van der Waals surface area contributed by atoms with E-state index in [1.807, 2.05) is 19.9 Å². The van der Waals surface area contributed by atoms with E-state index in [4.69, 9.17) is 11.6 Å². The fourth-order valence-electron chi connectivity index (χ4n) is 3.85. The van der Waals surface area contributed by atoms with Crippen molar-refractivity contribution in [2.45, 2.75) is 53.9 Å². The molecule has 7 nitrogen and oxygen atoms in total. The molecule has 1 aromatic rings. The average Bonchev–Trinajstić information content (AvgIpc) is 2.79. The molecular weight excluding hydrogens is 472 g/mol. The molecule has 1 aromatic heterocycles. The highest BCUT2D eigenvalue weighted by atomic mass is 35.5. The number of allylic oxidation sites excluding steroid dienone is 3. The quantitative estimate of drug-likeness (QED) is 0.301. The van der Waals surface area contributed by atoms with E-state index in [0.717, 1.165) is 29.6 Å². The van der Waals surface area contributed by atoms with E-state index in [1.54, 1.807) is 6.08 Å². The first-order valence-corrected chi connectivity index (χ1v) is 13.8. The van der Waals surface area contributed by atoms with Crippen molar-refractivity contribution in [3.8, 4) is 0 Å². The van der Waals surface area contributed by atoms with Crippen LogP contribution in [0.25, 0.3) is 0 Å². The number of nitrogens with zero attached hydrogens (tertiary/aromatic N) is 3. The van der Waals surface area contributed by atoms with Crippen LogP contribution in [0.4, 0.5) is 5.69 Å². The van der Waals surface area contributed by atoms with Crippen LogP contribution in [-0.4, -0.2) is 44.5 Å². The Morgan fingerprint density at radius 3 is 2.62 bits per heavy atom. The number of carbonyl (C=O) groups is 1. The molecule has 1 N–H and O–H groups in total. The van der Waals surface area contributed by atoms with Crippen LogP contribution in [0.5, 0.6) is 0 Å². The third kappa shape index (κ3) is 6.85. The Hall–Kier alpha value is -2.32. The number of halogens is 1. The number of fused-ring (bicyclic) bond motifs is 1. The second kappa shape index (κ2) is 11.9. The maximum Gasteiger partial charge on any atom is 0.200 e. The summed E-state index contributed by atoms with van der Waals surface area (Å²) in [5.74, 6) is 0.290. The van der Waals surface area contributed by atoms with Crippen LogP contribution in [-0.2, 0) is 27.5 Å². The van der Waals surface area contributed by atoms with Gasteiger partial charge in [-0.05, 0) is 62.1 Å². The molecule has 9 heteroatoms. The van der Waals surface area contributed by atoms with Crippen molar-refractivity contribution in [1.82, 2.24) is 4.98 Å². The highest BCUT2D eigenvalue weighted by molar-refractivity contribution is 7.94. The van der Waals surface area contributed by atoms with Gasteiger partial charge in [0.1, 0.15) is 5.15 Å². The molecule has 0 fully saturated rings. The van der Waals surface area contributed by atoms with Gasteiger partial charge in [0.15, 0.2) is 15.7 Å². The molecule has 0 bridgehead atoms. The van der Waals surface area contributed by atoms with Crippen molar-refractivity contribution in [1.29, 1.82) is 0 Å². The Kier molecular flexibility index (Phi) is 9.76. The third-order valence-corrected chi connectivity index (χ3v) is 8.19. The molecule has 0 aromatic carbocycles. The zero-order valence-electron chi connectivity index (χ0n) is 20.9. The first-order chi connectivity index (χ1) is 15.9. The number of Topliss-reactive ketones (excluding diaryl/α,β-unsaturated/α-hetero) is 1. The van der Waals surface area contributed by atoms with Crippen molar-refractivity contribution in [3.63, 3.8) is 0 Å².